The number of benzene rings is 1. The second kappa shape index (κ2) is 11.0. The number of methoxy groups -OCH3 is 1. The van der Waals surface area contributed by atoms with Crippen molar-refractivity contribution in [2.45, 2.75) is 20.4 Å². The van der Waals surface area contributed by atoms with Crippen LogP contribution in [0.25, 0.3) is 0 Å². The first kappa shape index (κ1) is 18.4. The van der Waals surface area contributed by atoms with Gasteiger partial charge in [0.2, 0.25) is 0 Å². The first-order valence-electron chi connectivity index (χ1n) is 7.41. The number of nitrogens with zero attached hydrogens (tertiary/aromatic N) is 1. The summed E-state index contributed by atoms with van der Waals surface area (Å²) in [4.78, 5) is 2.35. The summed E-state index contributed by atoms with van der Waals surface area (Å²) in [5.74, 6) is 0.855. The molecule has 0 aliphatic rings. The van der Waals surface area contributed by atoms with Gasteiger partial charge in [-0.25, -0.2) is 0 Å². The van der Waals surface area contributed by atoms with Crippen molar-refractivity contribution in [1.82, 2.24) is 4.90 Å². The number of halogens is 1. The maximum absolute atomic E-state index is 5.46. The lowest BCUT2D eigenvalue weighted by Gasteiger charge is -2.22. The van der Waals surface area contributed by atoms with Crippen LogP contribution >= 0.6 is 15.9 Å². The normalized spacial score (nSPS) is 11.1. The molecule has 5 heteroatoms. The predicted octanol–water partition coefficient (Wildman–Crippen LogP) is 3.33. The van der Waals surface area contributed by atoms with Gasteiger partial charge in [0.25, 0.3) is 0 Å². The average molecular weight is 360 g/mol. The lowest BCUT2D eigenvalue weighted by Crippen LogP contribution is -2.30. The van der Waals surface area contributed by atoms with Gasteiger partial charge in [-0.3, -0.25) is 4.90 Å². The topological polar surface area (TPSA) is 30.9 Å². The molecule has 0 saturated carbocycles. The largest absolute Gasteiger partial charge is 0.496 e. The Bertz CT molecular complexity index is 391. The molecule has 0 radical (unpaired) electrons. The Labute approximate surface area is 136 Å². The van der Waals surface area contributed by atoms with Gasteiger partial charge in [-0.2, -0.15) is 0 Å². The summed E-state index contributed by atoms with van der Waals surface area (Å²) < 4.78 is 17.2. The molecule has 21 heavy (non-hydrogen) atoms. The van der Waals surface area contributed by atoms with Gasteiger partial charge in [0.1, 0.15) is 5.75 Å². The van der Waals surface area contributed by atoms with Gasteiger partial charge >= 0.3 is 0 Å². The van der Waals surface area contributed by atoms with E-state index >= 15 is 0 Å². The lowest BCUT2D eigenvalue weighted by atomic mass is 10.2. The zero-order valence-electron chi connectivity index (χ0n) is 13.2. The van der Waals surface area contributed by atoms with Gasteiger partial charge in [0.15, 0.2) is 0 Å². The number of hydrogen-bond acceptors (Lipinski definition) is 4. The lowest BCUT2D eigenvalue weighted by molar-refractivity contribution is 0.0797. The molecule has 0 atom stereocenters. The van der Waals surface area contributed by atoms with Crippen molar-refractivity contribution >= 4 is 15.9 Å². The van der Waals surface area contributed by atoms with Crippen molar-refractivity contribution in [3.8, 4) is 5.75 Å². The predicted molar refractivity (Wildman–Crippen MR) is 89.0 cm³/mol. The summed E-state index contributed by atoms with van der Waals surface area (Å²) in [6.45, 7) is 9.74. The van der Waals surface area contributed by atoms with Crippen LogP contribution in [0.15, 0.2) is 22.7 Å². The molecule has 1 aromatic carbocycles. The highest BCUT2D eigenvalue weighted by Crippen LogP contribution is 2.26. The monoisotopic (exact) mass is 359 g/mol. The maximum atomic E-state index is 5.46. The first-order valence-corrected chi connectivity index (χ1v) is 8.20. The minimum Gasteiger partial charge on any atom is -0.496 e. The Balaban J connectivity index is 2.58. The summed E-state index contributed by atoms with van der Waals surface area (Å²) in [7, 11) is 1.68. The molecule has 0 fully saturated rings. The average Bonchev–Trinajstić information content (AvgIpc) is 2.48. The molecule has 0 bridgehead atoms. The molecule has 0 amide bonds. The van der Waals surface area contributed by atoms with Crippen LogP contribution in [-0.4, -0.2) is 51.5 Å². The molecule has 0 aromatic heterocycles. The summed E-state index contributed by atoms with van der Waals surface area (Å²) in [5.41, 5.74) is 1.25. The molecule has 0 saturated heterocycles. The standard InChI is InChI=1S/C16H26BrNO3/c1-4-20-10-8-18(9-11-21-5-2)13-14-6-7-16(19-3)15(17)12-14/h6-7,12H,4-5,8-11,13H2,1-3H3. The Hall–Kier alpha value is -0.620. The molecule has 0 heterocycles. The van der Waals surface area contributed by atoms with Crippen molar-refractivity contribution in [2.24, 2.45) is 0 Å². The third-order valence-electron chi connectivity index (χ3n) is 3.13. The van der Waals surface area contributed by atoms with E-state index in [9.17, 15) is 0 Å². The summed E-state index contributed by atoms with van der Waals surface area (Å²) in [5, 5.41) is 0. The third-order valence-corrected chi connectivity index (χ3v) is 3.75. The summed E-state index contributed by atoms with van der Waals surface area (Å²) in [6.07, 6.45) is 0. The molecule has 0 aliphatic heterocycles. The fraction of sp³-hybridized carbons (Fsp3) is 0.625. The Kier molecular flexibility index (Phi) is 9.67. The zero-order valence-corrected chi connectivity index (χ0v) is 14.8. The smallest absolute Gasteiger partial charge is 0.133 e. The highest BCUT2D eigenvalue weighted by Gasteiger charge is 2.08. The molecule has 120 valence electrons. The summed E-state index contributed by atoms with van der Waals surface area (Å²) >= 11 is 3.53. The van der Waals surface area contributed by atoms with Gasteiger partial charge in [0, 0.05) is 32.8 Å². The highest BCUT2D eigenvalue weighted by atomic mass is 79.9. The van der Waals surface area contributed by atoms with Crippen LogP contribution < -0.4 is 4.74 Å². The van der Waals surface area contributed by atoms with Gasteiger partial charge in [0.05, 0.1) is 24.8 Å². The van der Waals surface area contributed by atoms with Gasteiger partial charge in [-0.15, -0.1) is 0 Å². The van der Waals surface area contributed by atoms with Crippen LogP contribution in [-0.2, 0) is 16.0 Å². The van der Waals surface area contributed by atoms with E-state index in [1.54, 1.807) is 7.11 Å². The fourth-order valence-electron chi connectivity index (χ4n) is 2.01. The van der Waals surface area contributed by atoms with Crippen molar-refractivity contribution in [3.05, 3.63) is 28.2 Å². The Morgan fingerprint density at radius 3 is 2.14 bits per heavy atom. The SMILES string of the molecule is CCOCCN(CCOCC)Cc1ccc(OC)c(Br)c1. The molecule has 1 rings (SSSR count). The van der Waals surface area contributed by atoms with Gasteiger partial charge in [-0.1, -0.05) is 6.07 Å². The van der Waals surface area contributed by atoms with Crippen molar-refractivity contribution < 1.29 is 14.2 Å². The molecule has 0 spiro atoms. The second-order valence-corrected chi connectivity index (χ2v) is 5.49. The van der Waals surface area contributed by atoms with E-state index in [2.05, 4.69) is 33.0 Å². The van der Waals surface area contributed by atoms with E-state index in [-0.39, 0.29) is 0 Å². The van der Waals surface area contributed by atoms with Gasteiger partial charge < -0.3 is 14.2 Å². The summed E-state index contributed by atoms with van der Waals surface area (Å²) in [6, 6.07) is 6.19. The Morgan fingerprint density at radius 1 is 1.05 bits per heavy atom. The van der Waals surface area contributed by atoms with Crippen LogP contribution in [0.4, 0.5) is 0 Å². The number of hydrogen-bond donors (Lipinski definition) is 0. The van der Waals surface area contributed by atoms with Crippen LogP contribution in [0, 0.1) is 0 Å². The molecule has 1 aromatic rings. The van der Waals surface area contributed by atoms with E-state index in [1.807, 2.05) is 19.9 Å². The van der Waals surface area contributed by atoms with E-state index in [0.717, 1.165) is 56.3 Å². The van der Waals surface area contributed by atoms with E-state index in [1.165, 1.54) is 5.56 Å². The maximum Gasteiger partial charge on any atom is 0.133 e. The molecule has 0 unspecified atom stereocenters. The van der Waals surface area contributed by atoms with Crippen molar-refractivity contribution in [2.75, 3.05) is 46.6 Å². The first-order chi connectivity index (χ1) is 10.2. The minimum absolute atomic E-state index is 0.750. The van der Waals surface area contributed by atoms with Crippen molar-refractivity contribution in [3.63, 3.8) is 0 Å². The molecule has 4 nitrogen and oxygen atoms in total. The quantitative estimate of drug-likeness (QED) is 0.567. The second-order valence-electron chi connectivity index (χ2n) is 4.64. The van der Waals surface area contributed by atoms with Crippen LogP contribution in [0.5, 0.6) is 5.75 Å². The fourth-order valence-corrected chi connectivity index (χ4v) is 2.60. The molecular formula is C16H26BrNO3. The molecular weight excluding hydrogens is 334 g/mol. The minimum atomic E-state index is 0.750. The molecule has 0 N–H and O–H groups in total. The molecule has 0 aliphatic carbocycles. The van der Waals surface area contributed by atoms with Crippen LogP contribution in [0.3, 0.4) is 0 Å². The van der Waals surface area contributed by atoms with E-state index < -0.39 is 0 Å². The van der Waals surface area contributed by atoms with E-state index in [4.69, 9.17) is 14.2 Å². The number of ether oxygens (including phenoxy) is 3. The van der Waals surface area contributed by atoms with Gasteiger partial charge in [-0.05, 0) is 47.5 Å². The highest BCUT2D eigenvalue weighted by molar-refractivity contribution is 9.10. The third kappa shape index (κ3) is 7.27. The Morgan fingerprint density at radius 2 is 1.67 bits per heavy atom. The van der Waals surface area contributed by atoms with E-state index in [0.29, 0.717) is 0 Å². The number of rotatable bonds is 11. The zero-order chi connectivity index (χ0) is 15.5. The van der Waals surface area contributed by atoms with Crippen LogP contribution in [0.2, 0.25) is 0 Å². The van der Waals surface area contributed by atoms with Crippen LogP contribution in [0.1, 0.15) is 19.4 Å². The van der Waals surface area contributed by atoms with Crippen molar-refractivity contribution in [1.29, 1.82) is 0 Å².